The Bertz CT molecular complexity index is 1190. The van der Waals surface area contributed by atoms with Crippen LogP contribution in [0.2, 0.25) is 5.02 Å². The Labute approximate surface area is 182 Å². The Morgan fingerprint density at radius 2 is 1.94 bits per heavy atom. The van der Waals surface area contributed by atoms with Crippen LogP contribution in [0, 0.1) is 30.9 Å². The van der Waals surface area contributed by atoms with Crippen molar-refractivity contribution in [3.8, 4) is 5.82 Å². The second kappa shape index (κ2) is 8.92. The first-order chi connectivity index (χ1) is 14.7. The molecule has 10 nitrogen and oxygen atoms in total. The number of pyridine rings is 1. The van der Waals surface area contributed by atoms with Crippen molar-refractivity contribution in [2.24, 2.45) is 0 Å². The second-order valence-corrected chi connectivity index (χ2v) is 7.13. The molecule has 2 heterocycles. The maximum atomic E-state index is 12.4. The van der Waals surface area contributed by atoms with E-state index in [-0.39, 0.29) is 22.1 Å². The Kier molecular flexibility index (Phi) is 6.30. The van der Waals surface area contributed by atoms with E-state index < -0.39 is 23.4 Å². The molecule has 31 heavy (non-hydrogen) atoms. The van der Waals surface area contributed by atoms with Crippen LogP contribution in [0.4, 0.5) is 11.4 Å². The lowest BCUT2D eigenvalue weighted by molar-refractivity contribution is -0.384. The van der Waals surface area contributed by atoms with Crippen molar-refractivity contribution < 1.29 is 19.2 Å². The minimum atomic E-state index is -0.890. The van der Waals surface area contributed by atoms with Crippen LogP contribution in [0.15, 0.2) is 36.4 Å². The number of amides is 1. The molecule has 2 aromatic heterocycles. The Morgan fingerprint density at radius 1 is 1.19 bits per heavy atom. The molecule has 3 rings (SSSR count). The van der Waals surface area contributed by atoms with Crippen molar-refractivity contribution in [3.05, 3.63) is 74.2 Å². The van der Waals surface area contributed by atoms with Gasteiger partial charge in [-0.25, -0.2) is 14.5 Å². The molecule has 0 atom stereocenters. The molecular weight excluding hydrogens is 426 g/mol. The molecule has 0 aliphatic heterocycles. The van der Waals surface area contributed by atoms with Crippen LogP contribution >= 0.6 is 11.6 Å². The molecule has 1 amide bonds. The summed E-state index contributed by atoms with van der Waals surface area (Å²) in [6.45, 7) is 4.73. The summed E-state index contributed by atoms with van der Waals surface area (Å²) in [6, 6.07) is 9.02. The van der Waals surface area contributed by atoms with E-state index in [1.165, 1.54) is 24.3 Å². The number of nitrogens with one attached hydrogen (secondary N) is 1. The van der Waals surface area contributed by atoms with Crippen LogP contribution < -0.4 is 5.32 Å². The van der Waals surface area contributed by atoms with Crippen LogP contribution in [-0.2, 0) is 9.53 Å². The van der Waals surface area contributed by atoms with Crippen molar-refractivity contribution >= 4 is 34.9 Å². The van der Waals surface area contributed by atoms with Crippen LogP contribution in [0.25, 0.3) is 5.82 Å². The van der Waals surface area contributed by atoms with E-state index in [1.54, 1.807) is 17.7 Å². The van der Waals surface area contributed by atoms with Gasteiger partial charge in [0.05, 0.1) is 21.3 Å². The van der Waals surface area contributed by atoms with Gasteiger partial charge in [0.1, 0.15) is 0 Å². The van der Waals surface area contributed by atoms with Crippen molar-refractivity contribution in [2.75, 3.05) is 11.9 Å². The van der Waals surface area contributed by atoms with Gasteiger partial charge in [-0.3, -0.25) is 14.9 Å². The number of aryl methyl sites for hydroxylation is 3. The first-order valence-electron chi connectivity index (χ1n) is 9.08. The van der Waals surface area contributed by atoms with Gasteiger partial charge < -0.3 is 10.1 Å². The number of anilines is 1. The fourth-order valence-corrected chi connectivity index (χ4v) is 2.98. The Hall–Kier alpha value is -3.79. The van der Waals surface area contributed by atoms with Gasteiger partial charge >= 0.3 is 5.97 Å². The monoisotopic (exact) mass is 443 g/mol. The molecule has 0 saturated heterocycles. The number of carbonyl (C=O) groups is 2. The molecule has 3 aromatic rings. The lowest BCUT2D eigenvalue weighted by atomic mass is 10.2. The number of carbonyl (C=O) groups excluding carboxylic acids is 2. The molecular formula is C20H18ClN5O5. The number of hydrogen-bond donors (Lipinski definition) is 1. The van der Waals surface area contributed by atoms with E-state index in [0.29, 0.717) is 11.4 Å². The molecule has 11 heteroatoms. The van der Waals surface area contributed by atoms with Crippen molar-refractivity contribution in [3.63, 3.8) is 0 Å². The molecule has 1 aromatic carbocycles. The Balaban J connectivity index is 1.70. The van der Waals surface area contributed by atoms with Crippen LogP contribution in [0.5, 0.6) is 0 Å². The number of nitrogens with zero attached hydrogens (tertiary/aromatic N) is 4. The summed E-state index contributed by atoms with van der Waals surface area (Å²) in [5, 5.41) is 17.8. The number of non-ortho nitro benzene ring substituents is 1. The number of nitro benzene ring substituents is 1. The van der Waals surface area contributed by atoms with E-state index in [2.05, 4.69) is 15.4 Å². The third-order valence-corrected chi connectivity index (χ3v) is 4.60. The van der Waals surface area contributed by atoms with Crippen LogP contribution in [0.1, 0.15) is 27.4 Å². The van der Waals surface area contributed by atoms with Crippen LogP contribution in [0.3, 0.4) is 0 Å². The van der Waals surface area contributed by atoms with Gasteiger partial charge in [-0.15, -0.1) is 0 Å². The van der Waals surface area contributed by atoms with Crippen molar-refractivity contribution in [2.45, 2.75) is 20.8 Å². The Morgan fingerprint density at radius 3 is 2.58 bits per heavy atom. The molecule has 0 bridgehead atoms. The zero-order valence-electron chi connectivity index (χ0n) is 16.9. The highest BCUT2D eigenvalue weighted by Crippen LogP contribution is 2.22. The molecule has 0 spiro atoms. The molecule has 160 valence electrons. The fraction of sp³-hybridized carbons (Fsp3) is 0.200. The number of ether oxygens (including phenoxy) is 1. The van der Waals surface area contributed by atoms with Gasteiger partial charge in [-0.1, -0.05) is 17.7 Å². The van der Waals surface area contributed by atoms with E-state index in [4.69, 9.17) is 16.3 Å². The topological polar surface area (TPSA) is 129 Å². The number of nitro groups is 1. The van der Waals surface area contributed by atoms with Gasteiger partial charge in [0.15, 0.2) is 18.1 Å². The average Bonchev–Trinajstić information content (AvgIpc) is 3.06. The van der Waals surface area contributed by atoms with Gasteiger partial charge in [0.2, 0.25) is 0 Å². The van der Waals surface area contributed by atoms with E-state index in [1.807, 2.05) is 19.9 Å². The lowest BCUT2D eigenvalue weighted by Crippen LogP contribution is -2.22. The molecule has 0 aliphatic carbocycles. The number of halogens is 1. The van der Waals surface area contributed by atoms with E-state index in [0.717, 1.165) is 11.4 Å². The molecule has 0 fully saturated rings. The third-order valence-electron chi connectivity index (χ3n) is 4.29. The largest absolute Gasteiger partial charge is 0.451 e. The van der Waals surface area contributed by atoms with Gasteiger partial charge in [-0.2, -0.15) is 5.10 Å². The summed E-state index contributed by atoms with van der Waals surface area (Å²) in [7, 11) is 0. The molecule has 0 radical (unpaired) electrons. The average molecular weight is 444 g/mol. The highest BCUT2D eigenvalue weighted by atomic mass is 35.5. The van der Waals surface area contributed by atoms with Gasteiger partial charge in [-0.05, 0) is 44.5 Å². The standard InChI is InChI=1S/C20H18ClN5O5/c1-11-4-5-14(26(29)30)9-16(11)22-18(27)10-31-20(28)19-15(21)6-7-17(23-19)25-13(3)8-12(2)24-25/h4-9H,10H2,1-3H3,(H,22,27). The number of benzene rings is 1. The SMILES string of the molecule is Cc1cc(C)n(-c2ccc(Cl)c(C(=O)OCC(=O)Nc3cc([N+](=O)[O-])ccc3C)n2)n1. The predicted octanol–water partition coefficient (Wildman–Crippen LogP) is 3.55. The molecule has 1 N–H and O–H groups in total. The first-order valence-corrected chi connectivity index (χ1v) is 9.45. The summed E-state index contributed by atoms with van der Waals surface area (Å²) in [6.07, 6.45) is 0. The third kappa shape index (κ3) is 5.04. The highest BCUT2D eigenvalue weighted by molar-refractivity contribution is 6.33. The summed E-state index contributed by atoms with van der Waals surface area (Å²) >= 11 is 6.08. The maximum Gasteiger partial charge on any atom is 0.359 e. The quantitative estimate of drug-likeness (QED) is 0.350. The molecule has 0 saturated carbocycles. The van der Waals surface area contributed by atoms with Gasteiger partial charge in [0, 0.05) is 17.8 Å². The smallest absolute Gasteiger partial charge is 0.359 e. The second-order valence-electron chi connectivity index (χ2n) is 6.72. The van der Waals surface area contributed by atoms with Gasteiger partial charge in [0.25, 0.3) is 11.6 Å². The normalized spacial score (nSPS) is 10.6. The molecule has 0 aliphatic rings. The number of hydrogen-bond acceptors (Lipinski definition) is 7. The summed E-state index contributed by atoms with van der Waals surface area (Å²) < 4.78 is 6.58. The minimum absolute atomic E-state index is 0.0604. The number of aromatic nitrogens is 3. The predicted molar refractivity (Wildman–Crippen MR) is 113 cm³/mol. The van der Waals surface area contributed by atoms with Crippen LogP contribution in [-0.4, -0.2) is 38.2 Å². The fourth-order valence-electron chi connectivity index (χ4n) is 2.80. The lowest BCUT2D eigenvalue weighted by Gasteiger charge is -2.10. The summed E-state index contributed by atoms with van der Waals surface area (Å²) in [5.41, 5.74) is 2.14. The molecule has 0 unspecified atom stereocenters. The number of esters is 1. The zero-order chi connectivity index (χ0) is 22.7. The first kappa shape index (κ1) is 21.9. The van der Waals surface area contributed by atoms with Crippen molar-refractivity contribution in [1.82, 2.24) is 14.8 Å². The minimum Gasteiger partial charge on any atom is -0.451 e. The van der Waals surface area contributed by atoms with E-state index >= 15 is 0 Å². The zero-order valence-corrected chi connectivity index (χ0v) is 17.6. The van der Waals surface area contributed by atoms with Crippen molar-refractivity contribution in [1.29, 1.82) is 0 Å². The number of rotatable bonds is 6. The maximum absolute atomic E-state index is 12.4. The summed E-state index contributed by atoms with van der Waals surface area (Å²) in [4.78, 5) is 39.2. The van der Waals surface area contributed by atoms with E-state index in [9.17, 15) is 19.7 Å². The highest BCUT2D eigenvalue weighted by Gasteiger charge is 2.19. The summed E-state index contributed by atoms with van der Waals surface area (Å²) in [5.74, 6) is -1.18.